The van der Waals surface area contributed by atoms with Gasteiger partial charge in [-0.2, -0.15) is 17.0 Å². The van der Waals surface area contributed by atoms with E-state index < -0.39 is 10.2 Å². The van der Waals surface area contributed by atoms with E-state index in [-0.39, 0.29) is 5.84 Å². The van der Waals surface area contributed by atoms with Gasteiger partial charge in [-0.05, 0) is 0 Å². The van der Waals surface area contributed by atoms with Gasteiger partial charge in [0.1, 0.15) is 5.84 Å². The molecule has 8 heteroatoms. The number of hydrogen-bond acceptors (Lipinski definition) is 4. The first-order chi connectivity index (χ1) is 8.41. The lowest BCUT2D eigenvalue weighted by atomic mass is 10.3. The van der Waals surface area contributed by atoms with Crippen LogP contribution in [0.3, 0.4) is 0 Å². The second-order valence-corrected chi connectivity index (χ2v) is 6.22. The van der Waals surface area contributed by atoms with Crippen LogP contribution >= 0.6 is 0 Å². The minimum atomic E-state index is -3.32. The minimum Gasteiger partial charge on any atom is -0.387 e. The maximum Gasteiger partial charge on any atom is 0.282 e. The van der Waals surface area contributed by atoms with E-state index in [2.05, 4.69) is 0 Å². The fraction of sp³-hybridized carbons (Fsp3) is 0.900. The molecule has 106 valence electrons. The van der Waals surface area contributed by atoms with E-state index in [0.29, 0.717) is 45.8 Å². The van der Waals surface area contributed by atoms with Gasteiger partial charge in [0, 0.05) is 39.3 Å². The highest BCUT2D eigenvalue weighted by atomic mass is 32.2. The zero-order valence-electron chi connectivity index (χ0n) is 11.1. The Morgan fingerprint density at radius 2 is 1.72 bits per heavy atom. The summed E-state index contributed by atoms with van der Waals surface area (Å²) in [6.07, 6.45) is 0. The average Bonchev–Trinajstić information content (AvgIpc) is 2.30. The van der Waals surface area contributed by atoms with E-state index in [9.17, 15) is 8.42 Å². The van der Waals surface area contributed by atoms with Gasteiger partial charge in [-0.3, -0.25) is 10.3 Å². The fourth-order valence-corrected chi connectivity index (χ4v) is 3.68. The largest absolute Gasteiger partial charge is 0.387 e. The molecular weight excluding hydrogens is 254 g/mol. The van der Waals surface area contributed by atoms with Crippen LogP contribution in [0.1, 0.15) is 13.8 Å². The van der Waals surface area contributed by atoms with Crippen molar-refractivity contribution >= 4 is 16.0 Å². The van der Waals surface area contributed by atoms with E-state index in [1.54, 1.807) is 0 Å². The lowest BCUT2D eigenvalue weighted by Crippen LogP contribution is -2.54. The molecule has 0 unspecified atom stereocenters. The van der Waals surface area contributed by atoms with Gasteiger partial charge in [-0.1, -0.05) is 13.8 Å². The molecule has 1 rings (SSSR count). The standard InChI is InChI=1S/C10H23N5O2S/c1-3-14(4-2)18(16,17)15-7-5-13(6-8-15)9-10(11)12/h3-9H2,1-2H3,(H3,11,12). The molecular formula is C10H23N5O2S. The van der Waals surface area contributed by atoms with Crippen molar-refractivity contribution in [2.75, 3.05) is 45.8 Å². The third-order valence-corrected chi connectivity index (χ3v) is 5.27. The summed E-state index contributed by atoms with van der Waals surface area (Å²) in [6.45, 7) is 7.26. The van der Waals surface area contributed by atoms with Crippen molar-refractivity contribution in [1.82, 2.24) is 13.5 Å². The highest BCUT2D eigenvalue weighted by Gasteiger charge is 2.30. The number of hydrogen-bond donors (Lipinski definition) is 2. The van der Waals surface area contributed by atoms with Crippen LogP contribution in [0.4, 0.5) is 0 Å². The molecule has 7 nitrogen and oxygen atoms in total. The fourth-order valence-electron chi connectivity index (χ4n) is 2.07. The van der Waals surface area contributed by atoms with Gasteiger partial charge in [-0.25, -0.2) is 0 Å². The second-order valence-electron chi connectivity index (χ2n) is 4.29. The van der Waals surface area contributed by atoms with Gasteiger partial charge >= 0.3 is 0 Å². The van der Waals surface area contributed by atoms with Gasteiger partial charge in [0.15, 0.2) is 0 Å². The first kappa shape index (κ1) is 15.4. The summed E-state index contributed by atoms with van der Waals surface area (Å²) in [5.74, 6) is 0.120. The molecule has 1 heterocycles. The lowest BCUT2D eigenvalue weighted by Gasteiger charge is -2.36. The van der Waals surface area contributed by atoms with E-state index in [4.69, 9.17) is 11.1 Å². The number of nitrogens with one attached hydrogen (secondary N) is 1. The Balaban J connectivity index is 2.59. The second kappa shape index (κ2) is 6.46. The quantitative estimate of drug-likeness (QED) is 0.487. The Kier molecular flexibility index (Phi) is 5.51. The third-order valence-electron chi connectivity index (χ3n) is 3.08. The predicted octanol–water partition coefficient (Wildman–Crippen LogP) is -0.873. The van der Waals surface area contributed by atoms with Crippen molar-refractivity contribution < 1.29 is 8.42 Å². The average molecular weight is 277 g/mol. The zero-order chi connectivity index (χ0) is 13.8. The van der Waals surface area contributed by atoms with Crippen LogP contribution in [0.25, 0.3) is 0 Å². The zero-order valence-corrected chi connectivity index (χ0v) is 11.9. The molecule has 1 saturated heterocycles. The molecule has 0 aliphatic carbocycles. The summed E-state index contributed by atoms with van der Waals surface area (Å²) in [6, 6.07) is 0. The number of nitrogens with zero attached hydrogens (tertiary/aromatic N) is 3. The van der Waals surface area contributed by atoms with E-state index in [0.717, 1.165) is 0 Å². The van der Waals surface area contributed by atoms with Crippen LogP contribution in [0, 0.1) is 5.41 Å². The molecule has 3 N–H and O–H groups in total. The van der Waals surface area contributed by atoms with Gasteiger partial charge in [0.25, 0.3) is 10.2 Å². The summed E-state index contributed by atoms with van der Waals surface area (Å²) in [5, 5.41) is 7.23. The van der Waals surface area contributed by atoms with Crippen molar-refractivity contribution in [3.63, 3.8) is 0 Å². The molecule has 0 amide bonds. The summed E-state index contributed by atoms with van der Waals surface area (Å²) in [5.41, 5.74) is 5.34. The summed E-state index contributed by atoms with van der Waals surface area (Å²) in [7, 11) is -3.32. The highest BCUT2D eigenvalue weighted by Crippen LogP contribution is 2.11. The van der Waals surface area contributed by atoms with Crippen molar-refractivity contribution in [3.8, 4) is 0 Å². The molecule has 0 aromatic rings. The molecule has 18 heavy (non-hydrogen) atoms. The van der Waals surface area contributed by atoms with Gasteiger partial charge in [-0.15, -0.1) is 0 Å². The Labute approximate surface area is 109 Å². The lowest BCUT2D eigenvalue weighted by molar-refractivity contribution is 0.200. The van der Waals surface area contributed by atoms with Gasteiger partial charge < -0.3 is 5.73 Å². The summed E-state index contributed by atoms with van der Waals surface area (Å²) < 4.78 is 27.5. The van der Waals surface area contributed by atoms with Gasteiger partial charge in [0.2, 0.25) is 0 Å². The molecule has 0 bridgehead atoms. The highest BCUT2D eigenvalue weighted by molar-refractivity contribution is 7.86. The van der Waals surface area contributed by atoms with Crippen molar-refractivity contribution in [2.45, 2.75) is 13.8 Å². The topological polar surface area (TPSA) is 93.7 Å². The van der Waals surface area contributed by atoms with Crippen LogP contribution in [-0.4, -0.2) is 73.6 Å². The van der Waals surface area contributed by atoms with Crippen LogP contribution < -0.4 is 5.73 Å². The van der Waals surface area contributed by atoms with Crippen LogP contribution in [0.15, 0.2) is 0 Å². The molecule has 1 aliphatic heterocycles. The minimum absolute atomic E-state index is 0.120. The van der Waals surface area contributed by atoms with Gasteiger partial charge in [0.05, 0.1) is 6.54 Å². The first-order valence-corrected chi connectivity index (χ1v) is 7.62. The molecule has 1 aliphatic rings. The molecule has 0 aromatic heterocycles. The van der Waals surface area contributed by atoms with E-state index in [1.807, 2.05) is 18.7 Å². The molecule has 0 radical (unpaired) electrons. The number of amidine groups is 1. The number of nitrogens with two attached hydrogens (primary N) is 1. The van der Waals surface area contributed by atoms with Crippen molar-refractivity contribution in [2.24, 2.45) is 5.73 Å². The Morgan fingerprint density at radius 3 is 2.11 bits per heavy atom. The molecule has 0 spiro atoms. The molecule has 1 fully saturated rings. The maximum atomic E-state index is 12.2. The van der Waals surface area contributed by atoms with Crippen LogP contribution in [0.5, 0.6) is 0 Å². The van der Waals surface area contributed by atoms with E-state index >= 15 is 0 Å². The van der Waals surface area contributed by atoms with E-state index in [1.165, 1.54) is 8.61 Å². The molecule has 0 aromatic carbocycles. The first-order valence-electron chi connectivity index (χ1n) is 6.22. The maximum absolute atomic E-state index is 12.2. The third kappa shape index (κ3) is 3.64. The van der Waals surface area contributed by atoms with Crippen LogP contribution in [0.2, 0.25) is 0 Å². The number of rotatable bonds is 6. The smallest absolute Gasteiger partial charge is 0.282 e. The Bertz CT molecular complexity index is 372. The Hall–Kier alpha value is -0.700. The predicted molar refractivity (Wildman–Crippen MR) is 71.8 cm³/mol. The summed E-state index contributed by atoms with van der Waals surface area (Å²) >= 11 is 0. The monoisotopic (exact) mass is 277 g/mol. The SMILES string of the molecule is CCN(CC)S(=O)(=O)N1CCN(CC(=N)N)CC1. The normalized spacial score (nSPS) is 19.3. The Morgan fingerprint density at radius 1 is 1.22 bits per heavy atom. The summed E-state index contributed by atoms with van der Waals surface area (Å²) in [4.78, 5) is 2.00. The molecule has 0 atom stereocenters. The van der Waals surface area contributed by atoms with Crippen LogP contribution in [-0.2, 0) is 10.2 Å². The van der Waals surface area contributed by atoms with Crippen molar-refractivity contribution in [3.05, 3.63) is 0 Å². The van der Waals surface area contributed by atoms with Crippen molar-refractivity contribution in [1.29, 1.82) is 5.41 Å². The molecule has 0 saturated carbocycles. The number of piperazine rings is 1.